The van der Waals surface area contributed by atoms with Gasteiger partial charge in [0.1, 0.15) is 0 Å². The van der Waals surface area contributed by atoms with E-state index in [1.807, 2.05) is 6.07 Å². The Morgan fingerprint density at radius 2 is 1.86 bits per heavy atom. The summed E-state index contributed by atoms with van der Waals surface area (Å²) < 4.78 is 45.8. The molecular weight excluding hydrogens is 551 g/mol. The number of likely N-dealkylation sites (N-methyl/N-ethyl adjacent to an activating group) is 2. The molecule has 0 N–H and O–H groups in total. The number of hydrogen-bond acceptors (Lipinski definition) is 6. The molecule has 42 heavy (non-hydrogen) atoms. The van der Waals surface area contributed by atoms with Crippen molar-refractivity contribution in [1.29, 1.82) is 5.26 Å². The van der Waals surface area contributed by atoms with E-state index in [1.165, 1.54) is 36.2 Å². The molecule has 2 aliphatic heterocycles. The van der Waals surface area contributed by atoms with Crippen molar-refractivity contribution in [3.05, 3.63) is 76.0 Å². The van der Waals surface area contributed by atoms with Crippen LogP contribution in [0.4, 0.5) is 23.7 Å². The molecule has 0 radical (unpaired) electrons. The van der Waals surface area contributed by atoms with Crippen LogP contribution in [0.2, 0.25) is 0 Å². The number of ether oxygens (including phenoxy) is 1. The highest BCUT2D eigenvalue weighted by atomic mass is 19.4. The average molecular weight is 582 g/mol. The Balaban J connectivity index is 1.54. The topological polar surface area (TPSA) is 97.2 Å². The molecule has 0 spiro atoms. The van der Waals surface area contributed by atoms with Gasteiger partial charge in [-0.15, -0.1) is 0 Å². The lowest BCUT2D eigenvalue weighted by Gasteiger charge is -2.41. The molecule has 3 amide bonds. The fraction of sp³-hybridized carbons (Fsp3) is 0.400. The van der Waals surface area contributed by atoms with Gasteiger partial charge in [-0.3, -0.25) is 19.4 Å². The number of anilines is 1. The third-order valence-electron chi connectivity index (χ3n) is 7.96. The largest absolute Gasteiger partial charge is 0.416 e. The second-order valence-corrected chi connectivity index (χ2v) is 10.6. The van der Waals surface area contributed by atoms with Gasteiger partial charge in [0.2, 0.25) is 0 Å². The highest BCUT2D eigenvalue weighted by molar-refractivity contribution is 6.09. The number of rotatable bonds is 6. The predicted molar refractivity (Wildman–Crippen MR) is 146 cm³/mol. The quantitative estimate of drug-likeness (QED) is 0.507. The lowest BCUT2D eigenvalue weighted by Crippen LogP contribution is -2.48. The molecule has 2 aromatic rings. The first-order chi connectivity index (χ1) is 20.0. The van der Waals surface area contributed by atoms with Crippen LogP contribution >= 0.6 is 0 Å². The van der Waals surface area contributed by atoms with Gasteiger partial charge in [-0.2, -0.15) is 18.4 Å². The van der Waals surface area contributed by atoms with Gasteiger partial charge in [-0.25, -0.2) is 4.79 Å². The minimum atomic E-state index is -4.61. The van der Waals surface area contributed by atoms with Crippen molar-refractivity contribution < 1.29 is 32.3 Å². The Hall–Kier alpha value is -4.21. The summed E-state index contributed by atoms with van der Waals surface area (Å²) in [5.74, 6) is -0.626. The van der Waals surface area contributed by atoms with Gasteiger partial charge in [0.25, 0.3) is 5.91 Å². The molecule has 1 aliphatic carbocycles. The number of halogens is 3. The van der Waals surface area contributed by atoms with Crippen LogP contribution in [0.15, 0.2) is 53.7 Å². The van der Waals surface area contributed by atoms with Crippen LogP contribution in [0, 0.1) is 11.3 Å². The number of carbonyl (C=O) groups is 3. The second kappa shape index (κ2) is 11.6. The van der Waals surface area contributed by atoms with E-state index in [4.69, 9.17) is 4.74 Å². The van der Waals surface area contributed by atoms with E-state index < -0.39 is 23.8 Å². The van der Waals surface area contributed by atoms with E-state index in [0.29, 0.717) is 37.6 Å². The number of amides is 3. The molecule has 3 aliphatic rings. The van der Waals surface area contributed by atoms with Gasteiger partial charge in [-0.05, 0) is 42.3 Å². The molecule has 1 saturated heterocycles. The molecule has 1 unspecified atom stereocenters. The molecule has 5 rings (SSSR count). The van der Waals surface area contributed by atoms with Crippen LogP contribution in [0.5, 0.6) is 0 Å². The maximum absolute atomic E-state index is 13.8. The van der Waals surface area contributed by atoms with Crippen molar-refractivity contribution in [1.82, 2.24) is 14.7 Å². The van der Waals surface area contributed by atoms with Crippen molar-refractivity contribution in [2.45, 2.75) is 25.1 Å². The summed E-state index contributed by atoms with van der Waals surface area (Å²) in [6.45, 7) is 3.79. The van der Waals surface area contributed by atoms with Crippen LogP contribution in [-0.2, 0) is 15.7 Å². The molecule has 1 atom stereocenters. The Labute approximate surface area is 241 Å². The first-order valence-corrected chi connectivity index (χ1v) is 13.6. The van der Waals surface area contributed by atoms with Gasteiger partial charge in [-0.1, -0.05) is 12.1 Å². The Kier molecular flexibility index (Phi) is 8.08. The number of hydrogen-bond donors (Lipinski definition) is 0. The number of Topliss-reactive ketones (excluding diaryl/α,β-unsaturated/α-hetero) is 1. The van der Waals surface area contributed by atoms with Gasteiger partial charge in [0.05, 0.1) is 42.1 Å². The van der Waals surface area contributed by atoms with E-state index in [2.05, 4.69) is 4.90 Å². The Morgan fingerprint density at radius 3 is 2.55 bits per heavy atom. The fourth-order valence-electron chi connectivity index (χ4n) is 5.71. The first kappa shape index (κ1) is 29.3. The molecule has 12 heteroatoms. The zero-order valence-corrected chi connectivity index (χ0v) is 23.3. The molecule has 9 nitrogen and oxygen atoms in total. The van der Waals surface area contributed by atoms with Crippen LogP contribution in [0.25, 0.3) is 0 Å². The molecule has 1 fully saturated rings. The molecule has 220 valence electrons. The van der Waals surface area contributed by atoms with Crippen LogP contribution < -0.4 is 4.90 Å². The number of urea groups is 1. The minimum absolute atomic E-state index is 0.00120. The number of nitriles is 1. The standard InChI is InChI=1S/C30H30F3N5O4/c1-35(10-11-37-12-14-42-15-13-37)28(40)23-16-19(18-34)6-7-22(23)27-26-24(8-9-25(26)39)38(29(41)36(27)2)21-5-3-4-20(17-21)30(31,32)33/h3-7,16-17,27H,8-15H2,1-2H3. The smallest absolute Gasteiger partial charge is 0.379 e. The summed E-state index contributed by atoms with van der Waals surface area (Å²) in [6.07, 6.45) is -4.37. The molecule has 2 heterocycles. The molecule has 0 aromatic heterocycles. The van der Waals surface area contributed by atoms with Crippen LogP contribution in [0.3, 0.4) is 0 Å². The molecule has 2 aromatic carbocycles. The number of carbonyl (C=O) groups excluding carboxylic acids is 3. The van der Waals surface area contributed by atoms with Crippen molar-refractivity contribution in [3.8, 4) is 6.07 Å². The van der Waals surface area contributed by atoms with Crippen LogP contribution in [0.1, 0.15) is 45.9 Å². The van der Waals surface area contributed by atoms with E-state index in [1.54, 1.807) is 18.0 Å². The van der Waals surface area contributed by atoms with Crippen LogP contribution in [-0.4, -0.2) is 85.9 Å². The normalized spacial score (nSPS) is 19.7. The summed E-state index contributed by atoms with van der Waals surface area (Å²) in [5, 5.41) is 9.58. The number of alkyl halides is 3. The summed E-state index contributed by atoms with van der Waals surface area (Å²) in [4.78, 5) is 47.0. The summed E-state index contributed by atoms with van der Waals surface area (Å²) in [6, 6.07) is 9.45. The van der Waals surface area contributed by atoms with Crippen molar-refractivity contribution in [3.63, 3.8) is 0 Å². The van der Waals surface area contributed by atoms with Crippen molar-refractivity contribution in [2.75, 3.05) is 58.4 Å². The summed E-state index contributed by atoms with van der Waals surface area (Å²) in [5.41, 5.74) is 0.457. The Morgan fingerprint density at radius 1 is 1.12 bits per heavy atom. The van der Waals surface area contributed by atoms with E-state index in [0.717, 1.165) is 30.1 Å². The van der Waals surface area contributed by atoms with Gasteiger partial charge < -0.3 is 14.5 Å². The number of benzene rings is 2. The highest BCUT2D eigenvalue weighted by Crippen LogP contribution is 2.45. The predicted octanol–water partition coefficient (Wildman–Crippen LogP) is 4.21. The summed E-state index contributed by atoms with van der Waals surface area (Å²) in [7, 11) is 3.11. The molecular formula is C30H30F3N5O4. The van der Waals surface area contributed by atoms with E-state index >= 15 is 0 Å². The maximum Gasteiger partial charge on any atom is 0.416 e. The van der Waals surface area contributed by atoms with E-state index in [9.17, 15) is 32.8 Å². The van der Waals surface area contributed by atoms with Gasteiger partial charge >= 0.3 is 12.2 Å². The SMILES string of the molecule is CN(CCN1CCOCC1)C(=O)c1cc(C#N)ccc1C1C2=C(CCC2=O)N(c2cccc(C(F)(F)F)c2)C(=O)N1C. The fourth-order valence-corrected chi connectivity index (χ4v) is 5.71. The van der Waals surface area contributed by atoms with Crippen molar-refractivity contribution >= 4 is 23.4 Å². The monoisotopic (exact) mass is 581 g/mol. The average Bonchev–Trinajstić information content (AvgIpc) is 3.36. The zero-order valence-electron chi connectivity index (χ0n) is 23.3. The third-order valence-corrected chi connectivity index (χ3v) is 7.96. The third kappa shape index (κ3) is 5.49. The molecule has 0 saturated carbocycles. The Bertz CT molecular complexity index is 1490. The van der Waals surface area contributed by atoms with Gasteiger partial charge in [0.15, 0.2) is 5.78 Å². The highest BCUT2D eigenvalue weighted by Gasteiger charge is 2.46. The number of nitrogens with zero attached hydrogens (tertiary/aromatic N) is 5. The minimum Gasteiger partial charge on any atom is -0.379 e. The van der Waals surface area contributed by atoms with Crippen molar-refractivity contribution in [2.24, 2.45) is 0 Å². The second-order valence-electron chi connectivity index (χ2n) is 10.6. The number of ketones is 1. The van der Waals surface area contributed by atoms with Gasteiger partial charge in [0, 0.05) is 63.5 Å². The van der Waals surface area contributed by atoms with E-state index in [-0.39, 0.29) is 46.9 Å². The summed E-state index contributed by atoms with van der Waals surface area (Å²) >= 11 is 0. The number of allylic oxidation sites excluding steroid dienone is 1. The maximum atomic E-state index is 13.8. The molecule has 0 bridgehead atoms. The first-order valence-electron chi connectivity index (χ1n) is 13.6. The lowest BCUT2D eigenvalue weighted by molar-refractivity contribution is -0.137. The zero-order chi connectivity index (χ0) is 30.2. The number of morpholine rings is 1. The lowest BCUT2D eigenvalue weighted by atomic mass is 9.88.